The number of rotatable bonds is 4. The standard InChI is InChI=1S/C31H36N6O2/c1-20-18-36(27-6-4-22(16-32)31-25(27)3-2-9-34-31)19-24(39-20)13-21-14-28-29(15-21)38-12-11-37(28)30-7-5-23-17-33-10-8-26(23)35-30/h2-7,9,20-21,24,28-29,33H,8,10-15,17-19H2,1H3/t20-,21?,24+,28?,29?/m1/s1. The van der Waals surface area contributed by atoms with Crippen LogP contribution in [-0.4, -0.2) is 67.1 Å². The summed E-state index contributed by atoms with van der Waals surface area (Å²) in [5.41, 5.74) is 5.12. The van der Waals surface area contributed by atoms with Crippen LogP contribution in [0.25, 0.3) is 10.9 Å². The quantitative estimate of drug-likeness (QED) is 0.552. The summed E-state index contributed by atoms with van der Waals surface area (Å²) in [6.07, 6.45) is 6.54. The molecule has 0 radical (unpaired) electrons. The molecule has 1 saturated carbocycles. The van der Waals surface area contributed by atoms with E-state index in [-0.39, 0.29) is 18.3 Å². The summed E-state index contributed by atoms with van der Waals surface area (Å²) in [5.74, 6) is 1.67. The van der Waals surface area contributed by atoms with Gasteiger partial charge >= 0.3 is 0 Å². The predicted molar refractivity (Wildman–Crippen MR) is 151 cm³/mol. The minimum Gasteiger partial charge on any atom is -0.374 e. The molecule has 3 unspecified atom stereocenters. The fraction of sp³-hybridized carbons (Fsp3) is 0.516. The third-order valence-corrected chi connectivity index (χ3v) is 8.97. The number of benzene rings is 1. The van der Waals surface area contributed by atoms with Crippen molar-refractivity contribution in [3.05, 3.63) is 59.4 Å². The molecule has 0 amide bonds. The monoisotopic (exact) mass is 524 g/mol. The molecule has 1 aliphatic carbocycles. The zero-order valence-electron chi connectivity index (χ0n) is 22.6. The summed E-state index contributed by atoms with van der Waals surface area (Å²) >= 11 is 0. The number of anilines is 2. The number of nitrogens with one attached hydrogen (secondary N) is 1. The van der Waals surface area contributed by atoms with Crippen molar-refractivity contribution in [3.8, 4) is 6.07 Å². The fourth-order valence-electron chi connectivity index (χ4n) is 7.28. The minimum absolute atomic E-state index is 0.136. The zero-order valence-corrected chi connectivity index (χ0v) is 22.6. The van der Waals surface area contributed by atoms with Crippen LogP contribution in [0.1, 0.15) is 43.0 Å². The van der Waals surface area contributed by atoms with E-state index in [0.717, 1.165) is 87.4 Å². The van der Waals surface area contributed by atoms with Crippen LogP contribution in [0.15, 0.2) is 42.6 Å². The number of morpholine rings is 2. The number of nitrogens with zero attached hydrogens (tertiary/aromatic N) is 5. The number of hydrogen-bond acceptors (Lipinski definition) is 8. The Kier molecular flexibility index (Phi) is 6.59. The van der Waals surface area contributed by atoms with Crippen molar-refractivity contribution in [1.82, 2.24) is 15.3 Å². The smallest absolute Gasteiger partial charge is 0.129 e. The van der Waals surface area contributed by atoms with E-state index >= 15 is 0 Å². The second-order valence-corrected chi connectivity index (χ2v) is 11.6. The van der Waals surface area contributed by atoms with Crippen LogP contribution in [-0.2, 0) is 22.4 Å². The van der Waals surface area contributed by atoms with Crippen LogP contribution in [0.2, 0.25) is 0 Å². The lowest BCUT2D eigenvalue weighted by Crippen LogP contribution is -2.49. The first kappa shape index (κ1) is 24.8. The molecule has 8 nitrogen and oxygen atoms in total. The van der Waals surface area contributed by atoms with Crippen molar-refractivity contribution < 1.29 is 9.47 Å². The Bertz CT molecular complexity index is 1410. The Morgan fingerprint density at radius 3 is 3.03 bits per heavy atom. The Hall–Kier alpha value is -3.25. The molecule has 3 fully saturated rings. The van der Waals surface area contributed by atoms with E-state index in [0.29, 0.717) is 17.5 Å². The van der Waals surface area contributed by atoms with Crippen molar-refractivity contribution in [2.75, 3.05) is 42.6 Å². The van der Waals surface area contributed by atoms with E-state index in [9.17, 15) is 5.26 Å². The van der Waals surface area contributed by atoms with E-state index < -0.39 is 0 Å². The Balaban J connectivity index is 1.07. The summed E-state index contributed by atoms with van der Waals surface area (Å²) in [6, 6.07) is 15.1. The normalized spacial score (nSPS) is 28.7. The molecule has 5 atom stereocenters. The van der Waals surface area contributed by atoms with Gasteiger partial charge in [0, 0.05) is 62.1 Å². The second-order valence-electron chi connectivity index (χ2n) is 11.6. The average Bonchev–Trinajstić information content (AvgIpc) is 3.38. The zero-order chi connectivity index (χ0) is 26.3. The van der Waals surface area contributed by atoms with Crippen molar-refractivity contribution in [2.45, 2.75) is 63.5 Å². The van der Waals surface area contributed by atoms with Gasteiger partial charge in [0.05, 0.1) is 42.0 Å². The van der Waals surface area contributed by atoms with Gasteiger partial charge in [-0.1, -0.05) is 6.07 Å². The summed E-state index contributed by atoms with van der Waals surface area (Å²) in [6.45, 7) is 7.44. The second kappa shape index (κ2) is 10.4. The molecule has 1 aromatic carbocycles. The molecule has 2 aromatic heterocycles. The summed E-state index contributed by atoms with van der Waals surface area (Å²) in [7, 11) is 0. The highest BCUT2D eigenvalue weighted by Crippen LogP contribution is 2.40. The molecule has 4 aliphatic rings. The molecule has 0 spiro atoms. The summed E-state index contributed by atoms with van der Waals surface area (Å²) in [5, 5.41) is 14.1. The molecule has 0 bridgehead atoms. The van der Waals surface area contributed by atoms with Crippen LogP contribution in [0.3, 0.4) is 0 Å². The predicted octanol–water partition coefficient (Wildman–Crippen LogP) is 3.81. The van der Waals surface area contributed by atoms with E-state index in [4.69, 9.17) is 14.5 Å². The minimum atomic E-state index is 0.136. The lowest BCUT2D eigenvalue weighted by Gasteiger charge is -2.39. The molecular weight excluding hydrogens is 488 g/mol. The first-order valence-corrected chi connectivity index (χ1v) is 14.4. The third-order valence-electron chi connectivity index (χ3n) is 8.97. The van der Waals surface area contributed by atoms with Crippen molar-refractivity contribution in [3.63, 3.8) is 0 Å². The Morgan fingerprint density at radius 1 is 1.15 bits per heavy atom. The molecule has 5 heterocycles. The van der Waals surface area contributed by atoms with Gasteiger partial charge in [-0.2, -0.15) is 5.26 Å². The van der Waals surface area contributed by atoms with Gasteiger partial charge in [-0.05, 0) is 68.0 Å². The van der Waals surface area contributed by atoms with Crippen molar-refractivity contribution >= 4 is 22.4 Å². The maximum absolute atomic E-state index is 9.57. The Morgan fingerprint density at radius 2 is 2.10 bits per heavy atom. The van der Waals surface area contributed by atoms with Gasteiger partial charge in [0.25, 0.3) is 0 Å². The maximum atomic E-state index is 9.57. The van der Waals surface area contributed by atoms with Gasteiger partial charge in [-0.3, -0.25) is 4.98 Å². The molecule has 2 saturated heterocycles. The fourth-order valence-corrected chi connectivity index (χ4v) is 7.28. The molecule has 3 aromatic rings. The van der Waals surface area contributed by atoms with Gasteiger partial charge in [0.2, 0.25) is 0 Å². The first-order valence-electron chi connectivity index (χ1n) is 14.4. The van der Waals surface area contributed by atoms with E-state index in [1.807, 2.05) is 12.1 Å². The van der Waals surface area contributed by atoms with Crippen molar-refractivity contribution in [1.29, 1.82) is 5.26 Å². The topological polar surface area (TPSA) is 86.5 Å². The molecule has 8 heteroatoms. The van der Waals surface area contributed by atoms with Gasteiger partial charge < -0.3 is 24.6 Å². The lowest BCUT2D eigenvalue weighted by molar-refractivity contribution is -0.0285. The largest absolute Gasteiger partial charge is 0.374 e. The van der Waals surface area contributed by atoms with E-state index in [1.54, 1.807) is 6.20 Å². The Labute approximate surface area is 229 Å². The highest BCUT2D eigenvalue weighted by atomic mass is 16.5. The van der Waals surface area contributed by atoms with E-state index in [1.165, 1.54) is 11.3 Å². The maximum Gasteiger partial charge on any atom is 0.129 e. The molecule has 39 heavy (non-hydrogen) atoms. The van der Waals surface area contributed by atoms with Crippen LogP contribution >= 0.6 is 0 Å². The molecule has 202 valence electrons. The molecule has 1 N–H and O–H groups in total. The number of nitriles is 1. The lowest BCUT2D eigenvalue weighted by atomic mass is 9.97. The van der Waals surface area contributed by atoms with Crippen LogP contribution in [0, 0.1) is 17.2 Å². The number of ether oxygens (including phenoxy) is 2. The van der Waals surface area contributed by atoms with Crippen LogP contribution in [0.4, 0.5) is 11.5 Å². The van der Waals surface area contributed by atoms with Crippen LogP contribution in [0.5, 0.6) is 0 Å². The molecular formula is C31H36N6O2. The molecule has 7 rings (SSSR count). The van der Waals surface area contributed by atoms with Crippen molar-refractivity contribution in [2.24, 2.45) is 5.92 Å². The van der Waals surface area contributed by atoms with Gasteiger partial charge in [0.15, 0.2) is 0 Å². The SMILES string of the molecule is C[C@@H]1CN(c2ccc(C#N)c3ncccc23)C[C@H](CC2CC3OCCN(c4ccc5c(n4)CCNC5)C3C2)O1. The number of pyridine rings is 2. The van der Waals surface area contributed by atoms with Gasteiger partial charge in [-0.15, -0.1) is 0 Å². The highest BCUT2D eigenvalue weighted by Gasteiger charge is 2.43. The average molecular weight is 525 g/mol. The molecule has 3 aliphatic heterocycles. The number of fused-ring (bicyclic) bond motifs is 3. The number of hydrogen-bond donors (Lipinski definition) is 1. The van der Waals surface area contributed by atoms with Gasteiger partial charge in [0.1, 0.15) is 11.9 Å². The number of aromatic nitrogens is 2. The van der Waals surface area contributed by atoms with Gasteiger partial charge in [-0.25, -0.2) is 4.98 Å². The highest BCUT2D eigenvalue weighted by molar-refractivity contribution is 5.95. The summed E-state index contributed by atoms with van der Waals surface area (Å²) < 4.78 is 12.8. The van der Waals surface area contributed by atoms with Crippen LogP contribution < -0.4 is 15.1 Å². The first-order chi connectivity index (χ1) is 19.2. The van der Waals surface area contributed by atoms with E-state index in [2.05, 4.69) is 57.4 Å². The summed E-state index contributed by atoms with van der Waals surface area (Å²) in [4.78, 5) is 14.6. The third kappa shape index (κ3) is 4.73.